The zero-order chi connectivity index (χ0) is 16.9. The molecule has 2 aromatic rings. The summed E-state index contributed by atoms with van der Waals surface area (Å²) in [5.41, 5.74) is 5.00. The first kappa shape index (κ1) is 16.2. The van der Waals surface area contributed by atoms with Gasteiger partial charge in [-0.25, -0.2) is 0 Å². The smallest absolute Gasteiger partial charge is 0.146 e. The molecule has 5 nitrogen and oxygen atoms in total. The van der Waals surface area contributed by atoms with E-state index in [1.54, 1.807) is 6.92 Å². The van der Waals surface area contributed by atoms with Crippen LogP contribution in [0.1, 0.15) is 25.8 Å². The number of Topliss-reactive ketones (excluding diaryl/α,β-unsaturated/α-hetero) is 1. The lowest BCUT2D eigenvalue weighted by molar-refractivity contribution is -0.118. The fourth-order valence-electron chi connectivity index (χ4n) is 2.50. The average molecular weight is 323 g/mol. The summed E-state index contributed by atoms with van der Waals surface area (Å²) in [5, 5.41) is 7.61. The standard InChI is InChI=1S/C19H21N3O2/c1-13(14(2)23)20-19-12-18(21-22-19)15-7-6-10-17(11-15)24-16-8-4-3-5-9-16/h3-11,13,19-20,22H,12H2,1-2H3. The van der Waals surface area contributed by atoms with Gasteiger partial charge in [-0.3, -0.25) is 15.5 Å². The molecule has 0 bridgehead atoms. The van der Waals surface area contributed by atoms with Crippen LogP contribution in [0.4, 0.5) is 0 Å². The highest BCUT2D eigenvalue weighted by atomic mass is 16.5. The van der Waals surface area contributed by atoms with E-state index in [1.165, 1.54) is 0 Å². The van der Waals surface area contributed by atoms with Gasteiger partial charge in [0.2, 0.25) is 0 Å². The summed E-state index contributed by atoms with van der Waals surface area (Å²) in [6, 6.07) is 17.4. The minimum absolute atomic E-state index is 0.0300. The fourth-order valence-corrected chi connectivity index (χ4v) is 2.50. The number of hydrogen-bond acceptors (Lipinski definition) is 5. The van der Waals surface area contributed by atoms with Crippen molar-refractivity contribution < 1.29 is 9.53 Å². The predicted molar refractivity (Wildman–Crippen MR) is 94.3 cm³/mol. The molecule has 5 heteroatoms. The molecule has 2 atom stereocenters. The highest BCUT2D eigenvalue weighted by Crippen LogP contribution is 2.23. The summed E-state index contributed by atoms with van der Waals surface area (Å²) in [4.78, 5) is 11.4. The molecule has 2 N–H and O–H groups in total. The highest BCUT2D eigenvalue weighted by Gasteiger charge is 2.22. The number of carbonyl (C=O) groups excluding carboxylic acids is 1. The second kappa shape index (κ2) is 7.27. The van der Waals surface area contributed by atoms with E-state index in [9.17, 15) is 4.79 Å². The van der Waals surface area contributed by atoms with Gasteiger partial charge in [0.05, 0.1) is 17.9 Å². The Kier molecular flexibility index (Phi) is 4.91. The number of ether oxygens (including phenoxy) is 1. The van der Waals surface area contributed by atoms with E-state index in [2.05, 4.69) is 15.8 Å². The summed E-state index contributed by atoms with van der Waals surface area (Å²) in [5.74, 6) is 1.69. The third-order valence-electron chi connectivity index (χ3n) is 3.96. The van der Waals surface area contributed by atoms with Gasteiger partial charge in [-0.15, -0.1) is 0 Å². The Morgan fingerprint density at radius 2 is 1.96 bits per heavy atom. The van der Waals surface area contributed by atoms with Crippen molar-refractivity contribution in [1.82, 2.24) is 10.7 Å². The van der Waals surface area contributed by atoms with Crippen LogP contribution in [0.3, 0.4) is 0 Å². The zero-order valence-corrected chi connectivity index (χ0v) is 13.8. The molecule has 124 valence electrons. The van der Waals surface area contributed by atoms with Crippen LogP contribution in [-0.4, -0.2) is 23.7 Å². The predicted octanol–water partition coefficient (Wildman–Crippen LogP) is 3.07. The molecule has 0 aliphatic carbocycles. The molecule has 0 spiro atoms. The third kappa shape index (κ3) is 4.00. The van der Waals surface area contributed by atoms with E-state index in [4.69, 9.17) is 4.74 Å². The van der Waals surface area contributed by atoms with Crippen molar-refractivity contribution in [3.05, 3.63) is 60.2 Å². The number of ketones is 1. The van der Waals surface area contributed by atoms with Gasteiger partial charge in [0.1, 0.15) is 17.3 Å². The van der Waals surface area contributed by atoms with Crippen molar-refractivity contribution in [3.63, 3.8) is 0 Å². The number of rotatable bonds is 6. The molecule has 24 heavy (non-hydrogen) atoms. The number of hydrogen-bond donors (Lipinski definition) is 2. The molecule has 0 aromatic heterocycles. The van der Waals surface area contributed by atoms with Crippen molar-refractivity contribution in [2.75, 3.05) is 0 Å². The molecule has 0 fully saturated rings. The number of hydrazone groups is 1. The second-order valence-electron chi connectivity index (χ2n) is 5.89. The molecule has 0 radical (unpaired) electrons. The lowest BCUT2D eigenvalue weighted by Crippen LogP contribution is -2.45. The van der Waals surface area contributed by atoms with Gasteiger partial charge >= 0.3 is 0 Å². The Hall–Kier alpha value is -2.66. The van der Waals surface area contributed by atoms with Crippen LogP contribution in [0, 0.1) is 0 Å². The summed E-state index contributed by atoms with van der Waals surface area (Å²) < 4.78 is 5.87. The van der Waals surface area contributed by atoms with Crippen LogP contribution in [0.25, 0.3) is 0 Å². The molecular weight excluding hydrogens is 302 g/mol. The van der Waals surface area contributed by atoms with Crippen LogP contribution in [0.15, 0.2) is 59.7 Å². The average Bonchev–Trinajstić information content (AvgIpc) is 3.04. The van der Waals surface area contributed by atoms with Gasteiger partial charge in [-0.1, -0.05) is 30.3 Å². The van der Waals surface area contributed by atoms with E-state index < -0.39 is 0 Å². The van der Waals surface area contributed by atoms with Crippen molar-refractivity contribution in [2.24, 2.45) is 5.10 Å². The first-order chi connectivity index (χ1) is 11.6. The van der Waals surface area contributed by atoms with Crippen LogP contribution in [0.2, 0.25) is 0 Å². The largest absolute Gasteiger partial charge is 0.457 e. The van der Waals surface area contributed by atoms with Gasteiger partial charge in [-0.2, -0.15) is 5.10 Å². The van der Waals surface area contributed by atoms with Crippen molar-refractivity contribution in [3.8, 4) is 11.5 Å². The van der Waals surface area contributed by atoms with E-state index in [0.29, 0.717) is 6.42 Å². The van der Waals surface area contributed by atoms with E-state index >= 15 is 0 Å². The number of para-hydroxylation sites is 1. The maximum atomic E-state index is 11.4. The van der Waals surface area contributed by atoms with Crippen LogP contribution < -0.4 is 15.5 Å². The van der Waals surface area contributed by atoms with Crippen molar-refractivity contribution >= 4 is 11.5 Å². The van der Waals surface area contributed by atoms with E-state index in [1.807, 2.05) is 61.5 Å². The van der Waals surface area contributed by atoms with Crippen LogP contribution in [0.5, 0.6) is 11.5 Å². The molecule has 2 aromatic carbocycles. The van der Waals surface area contributed by atoms with Crippen molar-refractivity contribution in [2.45, 2.75) is 32.5 Å². The second-order valence-corrected chi connectivity index (χ2v) is 5.89. The maximum absolute atomic E-state index is 11.4. The van der Waals surface area contributed by atoms with Crippen molar-refractivity contribution in [1.29, 1.82) is 0 Å². The number of nitrogens with one attached hydrogen (secondary N) is 2. The van der Waals surface area contributed by atoms with Crippen LogP contribution >= 0.6 is 0 Å². The van der Waals surface area contributed by atoms with Gasteiger partial charge in [0, 0.05) is 12.0 Å². The first-order valence-corrected chi connectivity index (χ1v) is 8.04. The Morgan fingerprint density at radius 3 is 2.71 bits per heavy atom. The number of benzene rings is 2. The quantitative estimate of drug-likeness (QED) is 0.857. The Balaban J connectivity index is 1.66. The molecule has 0 amide bonds. The number of carbonyl (C=O) groups is 1. The molecule has 1 aliphatic heterocycles. The maximum Gasteiger partial charge on any atom is 0.146 e. The molecule has 3 rings (SSSR count). The normalized spacial score (nSPS) is 17.8. The molecule has 1 aliphatic rings. The Labute approximate surface area is 141 Å². The zero-order valence-electron chi connectivity index (χ0n) is 13.8. The topological polar surface area (TPSA) is 62.7 Å². The SMILES string of the molecule is CC(=O)C(C)NC1CC(c2cccc(Oc3ccccc3)c2)=NN1. The third-order valence-corrected chi connectivity index (χ3v) is 3.96. The van der Waals surface area contributed by atoms with Gasteiger partial charge < -0.3 is 4.74 Å². The van der Waals surface area contributed by atoms with E-state index in [-0.39, 0.29) is 18.0 Å². The molecule has 2 unspecified atom stereocenters. The minimum atomic E-state index is -0.190. The van der Waals surface area contributed by atoms with Gasteiger partial charge in [-0.05, 0) is 38.1 Å². The summed E-state index contributed by atoms with van der Waals surface area (Å²) >= 11 is 0. The van der Waals surface area contributed by atoms with Gasteiger partial charge in [0.15, 0.2) is 0 Å². The van der Waals surface area contributed by atoms with Crippen LogP contribution in [-0.2, 0) is 4.79 Å². The Bertz CT molecular complexity index is 743. The Morgan fingerprint density at radius 1 is 1.21 bits per heavy atom. The van der Waals surface area contributed by atoms with E-state index in [0.717, 1.165) is 22.8 Å². The monoisotopic (exact) mass is 323 g/mol. The minimum Gasteiger partial charge on any atom is -0.457 e. The highest BCUT2D eigenvalue weighted by molar-refractivity contribution is 6.02. The lowest BCUT2D eigenvalue weighted by atomic mass is 10.1. The summed E-state index contributed by atoms with van der Waals surface area (Å²) in [6.45, 7) is 3.44. The number of nitrogens with zero attached hydrogens (tertiary/aromatic N) is 1. The summed E-state index contributed by atoms with van der Waals surface area (Å²) in [6.07, 6.45) is 0.685. The summed E-state index contributed by atoms with van der Waals surface area (Å²) in [7, 11) is 0. The molecule has 0 saturated carbocycles. The first-order valence-electron chi connectivity index (χ1n) is 8.04. The fraction of sp³-hybridized carbons (Fsp3) is 0.263. The van der Waals surface area contributed by atoms with Gasteiger partial charge in [0.25, 0.3) is 0 Å². The molecule has 0 saturated heterocycles. The molecule has 1 heterocycles. The molecular formula is C19H21N3O2. The lowest BCUT2D eigenvalue weighted by Gasteiger charge is -2.16.